The Morgan fingerprint density at radius 3 is 2.29 bits per heavy atom. The van der Waals surface area contributed by atoms with E-state index in [4.69, 9.17) is 5.73 Å². The SMILES string of the molecule is Cc1cc(N)cc(-c2ccc(C)c(F)c2F)c1. The van der Waals surface area contributed by atoms with Gasteiger partial charge in [0.25, 0.3) is 0 Å². The first kappa shape index (κ1) is 11.6. The van der Waals surface area contributed by atoms with Crippen molar-refractivity contribution in [1.82, 2.24) is 0 Å². The first-order valence-electron chi connectivity index (χ1n) is 5.31. The van der Waals surface area contributed by atoms with Crippen LogP contribution in [0.4, 0.5) is 14.5 Å². The van der Waals surface area contributed by atoms with Crippen molar-refractivity contribution in [2.45, 2.75) is 13.8 Å². The Bertz CT molecular complexity index is 556. The van der Waals surface area contributed by atoms with E-state index in [0.29, 0.717) is 16.8 Å². The molecule has 0 fully saturated rings. The van der Waals surface area contributed by atoms with Gasteiger partial charge in [-0.25, -0.2) is 8.78 Å². The molecule has 17 heavy (non-hydrogen) atoms. The molecular weight excluding hydrogens is 220 g/mol. The normalized spacial score (nSPS) is 10.6. The Balaban J connectivity index is 2.64. The first-order valence-corrected chi connectivity index (χ1v) is 5.31. The largest absolute Gasteiger partial charge is 0.399 e. The van der Waals surface area contributed by atoms with Crippen molar-refractivity contribution in [3.05, 3.63) is 53.1 Å². The second-order valence-electron chi connectivity index (χ2n) is 4.19. The predicted octanol–water partition coefficient (Wildman–Crippen LogP) is 3.83. The molecule has 0 radical (unpaired) electrons. The molecule has 1 nitrogen and oxygen atoms in total. The number of aryl methyl sites for hydroxylation is 2. The van der Waals surface area contributed by atoms with Gasteiger partial charge in [-0.3, -0.25) is 0 Å². The molecule has 0 saturated heterocycles. The second kappa shape index (κ2) is 4.17. The zero-order valence-electron chi connectivity index (χ0n) is 9.72. The van der Waals surface area contributed by atoms with Crippen molar-refractivity contribution in [3.8, 4) is 11.1 Å². The molecule has 2 aromatic rings. The van der Waals surface area contributed by atoms with E-state index in [0.717, 1.165) is 5.56 Å². The summed E-state index contributed by atoms with van der Waals surface area (Å²) in [7, 11) is 0. The quantitative estimate of drug-likeness (QED) is 0.744. The van der Waals surface area contributed by atoms with Gasteiger partial charge in [0.2, 0.25) is 0 Å². The zero-order chi connectivity index (χ0) is 12.6. The standard InChI is InChI=1S/C14H13F2N/c1-8-5-10(7-11(17)6-8)12-4-3-9(2)13(15)14(12)16/h3-7H,17H2,1-2H3. The lowest BCUT2D eigenvalue weighted by Gasteiger charge is -2.08. The van der Waals surface area contributed by atoms with Gasteiger partial charge in [-0.2, -0.15) is 0 Å². The number of rotatable bonds is 1. The van der Waals surface area contributed by atoms with Crippen LogP contribution in [0.1, 0.15) is 11.1 Å². The second-order valence-corrected chi connectivity index (χ2v) is 4.19. The molecule has 0 aromatic heterocycles. The molecule has 2 aromatic carbocycles. The summed E-state index contributed by atoms with van der Waals surface area (Å²) in [5.74, 6) is -1.63. The Labute approximate surface area is 98.9 Å². The molecule has 0 saturated carbocycles. The van der Waals surface area contributed by atoms with Crippen LogP contribution in [0.25, 0.3) is 11.1 Å². The minimum absolute atomic E-state index is 0.239. The highest BCUT2D eigenvalue weighted by atomic mass is 19.2. The minimum Gasteiger partial charge on any atom is -0.399 e. The van der Waals surface area contributed by atoms with Crippen LogP contribution in [-0.4, -0.2) is 0 Å². The number of hydrogen-bond donors (Lipinski definition) is 1. The van der Waals surface area contributed by atoms with E-state index in [2.05, 4.69) is 0 Å². The number of anilines is 1. The molecule has 0 heterocycles. The van der Waals surface area contributed by atoms with Crippen LogP contribution in [0.3, 0.4) is 0 Å². The average molecular weight is 233 g/mol. The number of benzene rings is 2. The van der Waals surface area contributed by atoms with E-state index in [1.807, 2.05) is 6.92 Å². The highest BCUT2D eigenvalue weighted by molar-refractivity contribution is 5.69. The number of nitrogen functional groups attached to an aromatic ring is 1. The van der Waals surface area contributed by atoms with Crippen molar-refractivity contribution in [2.24, 2.45) is 0 Å². The van der Waals surface area contributed by atoms with Gasteiger partial charge in [0, 0.05) is 11.3 Å². The van der Waals surface area contributed by atoms with Gasteiger partial charge >= 0.3 is 0 Å². The van der Waals surface area contributed by atoms with E-state index >= 15 is 0 Å². The molecule has 0 aliphatic rings. The Hall–Kier alpha value is -1.90. The fourth-order valence-corrected chi connectivity index (χ4v) is 1.84. The summed E-state index contributed by atoms with van der Waals surface area (Å²) in [6.07, 6.45) is 0. The maximum Gasteiger partial charge on any atom is 0.166 e. The van der Waals surface area contributed by atoms with Crippen LogP contribution < -0.4 is 5.73 Å². The molecule has 0 aliphatic carbocycles. The molecule has 2 N–H and O–H groups in total. The Kier molecular flexibility index (Phi) is 2.84. The number of halogens is 2. The lowest BCUT2D eigenvalue weighted by Crippen LogP contribution is -1.94. The van der Waals surface area contributed by atoms with Gasteiger partial charge in [0.05, 0.1) is 0 Å². The predicted molar refractivity (Wildman–Crippen MR) is 65.7 cm³/mol. The third-order valence-corrected chi connectivity index (χ3v) is 2.69. The molecule has 3 heteroatoms. The first-order chi connectivity index (χ1) is 7.99. The lowest BCUT2D eigenvalue weighted by molar-refractivity contribution is 0.505. The molecule has 0 bridgehead atoms. The summed E-state index contributed by atoms with van der Waals surface area (Å²) < 4.78 is 27.3. The van der Waals surface area contributed by atoms with Gasteiger partial charge in [0.1, 0.15) is 0 Å². The third kappa shape index (κ3) is 2.13. The molecule has 2 rings (SSSR count). The van der Waals surface area contributed by atoms with E-state index in [-0.39, 0.29) is 5.56 Å². The highest BCUT2D eigenvalue weighted by Gasteiger charge is 2.12. The van der Waals surface area contributed by atoms with Gasteiger partial charge in [0.15, 0.2) is 11.6 Å². The van der Waals surface area contributed by atoms with E-state index in [1.165, 1.54) is 6.92 Å². The Morgan fingerprint density at radius 2 is 1.65 bits per heavy atom. The summed E-state index contributed by atoms with van der Waals surface area (Å²) in [4.78, 5) is 0. The van der Waals surface area contributed by atoms with Crippen LogP contribution in [0, 0.1) is 25.5 Å². The topological polar surface area (TPSA) is 26.0 Å². The van der Waals surface area contributed by atoms with Crippen molar-refractivity contribution in [2.75, 3.05) is 5.73 Å². The van der Waals surface area contributed by atoms with Crippen LogP contribution in [0.5, 0.6) is 0 Å². The fourth-order valence-electron chi connectivity index (χ4n) is 1.84. The zero-order valence-corrected chi connectivity index (χ0v) is 9.72. The average Bonchev–Trinajstić information content (AvgIpc) is 2.24. The summed E-state index contributed by atoms with van der Waals surface area (Å²) in [6.45, 7) is 3.40. The smallest absolute Gasteiger partial charge is 0.166 e. The molecule has 0 aliphatic heterocycles. The van der Waals surface area contributed by atoms with Crippen molar-refractivity contribution >= 4 is 5.69 Å². The van der Waals surface area contributed by atoms with Crippen LogP contribution >= 0.6 is 0 Å². The fraction of sp³-hybridized carbons (Fsp3) is 0.143. The van der Waals surface area contributed by atoms with E-state index < -0.39 is 11.6 Å². The summed E-state index contributed by atoms with van der Waals surface area (Å²) in [5, 5.41) is 0. The van der Waals surface area contributed by atoms with Gasteiger partial charge in [-0.15, -0.1) is 0 Å². The van der Waals surface area contributed by atoms with E-state index in [9.17, 15) is 8.78 Å². The monoisotopic (exact) mass is 233 g/mol. The minimum atomic E-state index is -0.824. The van der Waals surface area contributed by atoms with Crippen molar-refractivity contribution < 1.29 is 8.78 Å². The molecule has 0 atom stereocenters. The summed E-state index contributed by atoms with van der Waals surface area (Å²) >= 11 is 0. The summed E-state index contributed by atoms with van der Waals surface area (Å²) in [6, 6.07) is 8.34. The highest BCUT2D eigenvalue weighted by Crippen LogP contribution is 2.28. The van der Waals surface area contributed by atoms with Crippen LogP contribution in [0.2, 0.25) is 0 Å². The maximum absolute atomic E-state index is 13.8. The number of hydrogen-bond acceptors (Lipinski definition) is 1. The molecule has 0 amide bonds. The van der Waals surface area contributed by atoms with E-state index in [1.54, 1.807) is 30.3 Å². The van der Waals surface area contributed by atoms with Crippen LogP contribution in [-0.2, 0) is 0 Å². The van der Waals surface area contributed by atoms with Gasteiger partial charge < -0.3 is 5.73 Å². The maximum atomic E-state index is 13.8. The molecular formula is C14H13F2N. The van der Waals surface area contributed by atoms with Gasteiger partial charge in [-0.05, 0) is 42.7 Å². The van der Waals surface area contributed by atoms with Crippen molar-refractivity contribution in [3.63, 3.8) is 0 Å². The molecule has 0 unspecified atom stereocenters. The molecule has 88 valence electrons. The molecule has 0 spiro atoms. The van der Waals surface area contributed by atoms with Crippen molar-refractivity contribution in [1.29, 1.82) is 0 Å². The Morgan fingerprint density at radius 1 is 0.941 bits per heavy atom. The van der Waals surface area contributed by atoms with Crippen LogP contribution in [0.15, 0.2) is 30.3 Å². The summed E-state index contributed by atoms with van der Waals surface area (Å²) in [5.41, 5.74) is 8.29. The van der Waals surface area contributed by atoms with Gasteiger partial charge in [-0.1, -0.05) is 18.2 Å². The lowest BCUT2D eigenvalue weighted by atomic mass is 10.0. The third-order valence-electron chi connectivity index (χ3n) is 2.69. The number of nitrogens with two attached hydrogens (primary N) is 1.